The molecular formula is C32H35N7O4. The molecule has 2 aromatic heterocycles. The number of nitrogens with two attached hydrogens (primary N) is 1. The standard InChI is InChI=1S/C32H35N7O4/c1-20-26(30(41)39(37(20)5)24-11-7-6-8-12-24)29(40)35-23-15-13-21(14-16-23)27-28(33)34-18-25(36-27)22-10-9-17-38(19-22)31(42)43-32(2,3)4/h6-8,10-16,18H,9,17,19H2,1-5H3,(H2,33,34)(H,35,40). The van der Waals surface area contributed by atoms with Gasteiger partial charge < -0.3 is 20.7 Å². The molecule has 11 nitrogen and oxygen atoms in total. The summed E-state index contributed by atoms with van der Waals surface area (Å²) in [5, 5.41) is 2.83. The molecular weight excluding hydrogens is 546 g/mol. The van der Waals surface area contributed by atoms with Crippen LogP contribution in [0, 0.1) is 6.92 Å². The second-order valence-electron chi connectivity index (χ2n) is 11.4. The third-order valence-corrected chi connectivity index (χ3v) is 7.13. The summed E-state index contributed by atoms with van der Waals surface area (Å²) in [7, 11) is 1.74. The van der Waals surface area contributed by atoms with Crippen molar-refractivity contribution >= 4 is 29.1 Å². The molecule has 1 aliphatic heterocycles. The molecule has 0 radical (unpaired) electrons. The van der Waals surface area contributed by atoms with Crippen LogP contribution in [-0.2, 0) is 11.8 Å². The van der Waals surface area contributed by atoms with Gasteiger partial charge in [-0.1, -0.05) is 36.4 Å². The Morgan fingerprint density at radius 3 is 2.42 bits per heavy atom. The van der Waals surface area contributed by atoms with Crippen molar-refractivity contribution in [2.75, 3.05) is 24.1 Å². The smallest absolute Gasteiger partial charge is 0.410 e. The Bertz CT molecular complexity index is 1760. The highest BCUT2D eigenvalue weighted by atomic mass is 16.6. The van der Waals surface area contributed by atoms with Gasteiger partial charge in [0.2, 0.25) is 0 Å². The molecule has 222 valence electrons. The monoisotopic (exact) mass is 581 g/mol. The van der Waals surface area contributed by atoms with Crippen molar-refractivity contribution in [3.8, 4) is 16.9 Å². The fourth-order valence-corrected chi connectivity index (χ4v) is 4.91. The van der Waals surface area contributed by atoms with Crippen molar-refractivity contribution in [2.24, 2.45) is 7.05 Å². The van der Waals surface area contributed by atoms with E-state index in [4.69, 9.17) is 15.5 Å². The van der Waals surface area contributed by atoms with Crippen LogP contribution in [0.5, 0.6) is 0 Å². The molecule has 0 unspecified atom stereocenters. The van der Waals surface area contributed by atoms with E-state index in [1.807, 2.05) is 57.2 Å². The predicted molar refractivity (Wildman–Crippen MR) is 166 cm³/mol. The van der Waals surface area contributed by atoms with Crippen LogP contribution in [0.3, 0.4) is 0 Å². The highest BCUT2D eigenvalue weighted by Crippen LogP contribution is 2.28. The van der Waals surface area contributed by atoms with E-state index < -0.39 is 17.1 Å². The average Bonchev–Trinajstić information content (AvgIpc) is 3.20. The lowest BCUT2D eigenvalue weighted by atomic mass is 10.1. The van der Waals surface area contributed by atoms with Crippen molar-refractivity contribution in [2.45, 2.75) is 39.7 Å². The number of benzene rings is 2. The number of ether oxygens (including phenoxy) is 1. The van der Waals surface area contributed by atoms with Crippen molar-refractivity contribution in [3.63, 3.8) is 0 Å². The Labute approximate surface area is 249 Å². The lowest BCUT2D eigenvalue weighted by Gasteiger charge is -2.30. The molecule has 0 atom stereocenters. The number of nitrogens with one attached hydrogen (secondary N) is 1. The van der Waals surface area contributed by atoms with Crippen molar-refractivity contribution in [3.05, 3.63) is 94.2 Å². The van der Waals surface area contributed by atoms with Crippen LogP contribution in [0.25, 0.3) is 22.5 Å². The normalized spacial score (nSPS) is 13.4. The molecule has 3 N–H and O–H groups in total. The first kappa shape index (κ1) is 29.3. The van der Waals surface area contributed by atoms with Crippen LogP contribution in [-0.4, -0.2) is 54.9 Å². The number of para-hydroxylation sites is 1. The minimum Gasteiger partial charge on any atom is -0.444 e. The highest BCUT2D eigenvalue weighted by molar-refractivity contribution is 6.05. The van der Waals surface area contributed by atoms with Crippen LogP contribution in [0.2, 0.25) is 0 Å². The van der Waals surface area contributed by atoms with E-state index in [1.165, 1.54) is 4.68 Å². The molecule has 43 heavy (non-hydrogen) atoms. The second-order valence-corrected chi connectivity index (χ2v) is 11.4. The molecule has 5 rings (SSSR count). The maximum absolute atomic E-state index is 13.2. The van der Waals surface area contributed by atoms with Crippen LogP contribution in [0.15, 0.2) is 71.7 Å². The summed E-state index contributed by atoms with van der Waals surface area (Å²) in [6, 6.07) is 16.2. The zero-order valence-electron chi connectivity index (χ0n) is 24.9. The van der Waals surface area contributed by atoms with Gasteiger partial charge in [-0.15, -0.1) is 0 Å². The van der Waals surface area contributed by atoms with Crippen molar-refractivity contribution < 1.29 is 14.3 Å². The minimum atomic E-state index is -0.584. The van der Waals surface area contributed by atoms with Gasteiger partial charge in [0.05, 0.1) is 29.8 Å². The average molecular weight is 582 g/mol. The SMILES string of the molecule is Cc1c(C(=O)Nc2ccc(-c3nc(C4=CCCN(C(=O)OC(C)(C)C)C4)cnc3N)cc2)c(=O)n(-c2ccccc2)n1C. The fourth-order valence-electron chi connectivity index (χ4n) is 4.91. The summed E-state index contributed by atoms with van der Waals surface area (Å²) in [6.45, 7) is 8.16. The van der Waals surface area contributed by atoms with Gasteiger partial charge in [0, 0.05) is 24.8 Å². The Kier molecular flexibility index (Phi) is 7.90. The van der Waals surface area contributed by atoms with Crippen LogP contribution < -0.4 is 16.6 Å². The molecule has 0 saturated heterocycles. The third-order valence-electron chi connectivity index (χ3n) is 7.13. The zero-order chi connectivity index (χ0) is 30.9. The maximum atomic E-state index is 13.2. The number of carbonyl (C=O) groups excluding carboxylic acids is 2. The van der Waals surface area contributed by atoms with E-state index in [0.717, 1.165) is 5.57 Å². The Balaban J connectivity index is 1.34. The lowest BCUT2D eigenvalue weighted by molar-refractivity contribution is 0.0273. The molecule has 1 aliphatic rings. The van der Waals surface area contributed by atoms with Crippen LogP contribution in [0.1, 0.15) is 48.9 Å². The van der Waals surface area contributed by atoms with E-state index in [2.05, 4.69) is 10.3 Å². The Morgan fingerprint density at radius 2 is 1.74 bits per heavy atom. The largest absolute Gasteiger partial charge is 0.444 e. The molecule has 0 spiro atoms. The molecule has 2 aromatic carbocycles. The molecule has 0 saturated carbocycles. The van der Waals surface area contributed by atoms with E-state index in [1.54, 1.807) is 54.0 Å². The van der Waals surface area contributed by atoms with Gasteiger partial charge in [-0.2, -0.15) is 0 Å². The number of amides is 2. The molecule has 3 heterocycles. The Morgan fingerprint density at radius 1 is 1.05 bits per heavy atom. The van der Waals surface area contributed by atoms with E-state index in [0.29, 0.717) is 53.5 Å². The number of hydrogen-bond acceptors (Lipinski definition) is 7. The van der Waals surface area contributed by atoms with Crippen molar-refractivity contribution in [1.29, 1.82) is 0 Å². The fraction of sp³-hybridized carbons (Fsp3) is 0.281. The van der Waals surface area contributed by atoms with Gasteiger partial charge in [-0.05, 0) is 64.0 Å². The summed E-state index contributed by atoms with van der Waals surface area (Å²) in [5.41, 5.74) is 9.66. The molecule has 4 aromatic rings. The van der Waals surface area contributed by atoms with Gasteiger partial charge in [0.1, 0.15) is 22.7 Å². The number of aromatic nitrogens is 4. The number of hydrogen-bond donors (Lipinski definition) is 2. The summed E-state index contributed by atoms with van der Waals surface area (Å²) in [6.07, 6.45) is 3.94. The first-order chi connectivity index (χ1) is 20.4. The summed E-state index contributed by atoms with van der Waals surface area (Å²) >= 11 is 0. The number of anilines is 2. The number of rotatable bonds is 5. The molecule has 0 aliphatic carbocycles. The molecule has 2 amide bonds. The van der Waals surface area contributed by atoms with Gasteiger partial charge in [0.15, 0.2) is 0 Å². The van der Waals surface area contributed by atoms with Gasteiger partial charge in [-0.3, -0.25) is 14.3 Å². The van der Waals surface area contributed by atoms with E-state index in [-0.39, 0.29) is 17.5 Å². The molecule has 0 fully saturated rings. The van der Waals surface area contributed by atoms with Crippen molar-refractivity contribution in [1.82, 2.24) is 24.2 Å². The minimum absolute atomic E-state index is 0.0689. The lowest BCUT2D eigenvalue weighted by Crippen LogP contribution is -2.39. The topological polar surface area (TPSA) is 137 Å². The first-order valence-corrected chi connectivity index (χ1v) is 14.0. The van der Waals surface area contributed by atoms with Crippen LogP contribution in [0.4, 0.5) is 16.3 Å². The summed E-state index contributed by atoms with van der Waals surface area (Å²) < 4.78 is 8.67. The summed E-state index contributed by atoms with van der Waals surface area (Å²) in [5.74, 6) is -0.247. The van der Waals surface area contributed by atoms with Gasteiger partial charge in [0.25, 0.3) is 11.5 Å². The third kappa shape index (κ3) is 6.20. The predicted octanol–water partition coefficient (Wildman–Crippen LogP) is 4.80. The van der Waals surface area contributed by atoms with Crippen LogP contribution >= 0.6 is 0 Å². The number of nitrogens with zero attached hydrogens (tertiary/aromatic N) is 5. The molecule has 0 bridgehead atoms. The highest BCUT2D eigenvalue weighted by Gasteiger charge is 2.26. The number of nitrogen functional groups attached to an aromatic ring is 1. The maximum Gasteiger partial charge on any atom is 0.410 e. The zero-order valence-corrected chi connectivity index (χ0v) is 24.9. The number of carbonyl (C=O) groups is 2. The first-order valence-electron chi connectivity index (χ1n) is 14.0. The summed E-state index contributed by atoms with van der Waals surface area (Å²) in [4.78, 5) is 49.8. The van der Waals surface area contributed by atoms with E-state index >= 15 is 0 Å². The second kappa shape index (κ2) is 11.6. The van der Waals surface area contributed by atoms with E-state index in [9.17, 15) is 14.4 Å². The van der Waals surface area contributed by atoms with Gasteiger partial charge >= 0.3 is 6.09 Å². The molecule has 11 heteroatoms. The quantitative estimate of drug-likeness (QED) is 0.345. The van der Waals surface area contributed by atoms with Gasteiger partial charge in [-0.25, -0.2) is 19.4 Å². The Hall–Kier alpha value is -5.19.